The summed E-state index contributed by atoms with van der Waals surface area (Å²) in [6.07, 6.45) is 6.40. The first-order valence-corrected chi connectivity index (χ1v) is 11.4. The SMILES string of the molecule is O=S1(=O)CCC(CNC(=NCc2ccc(F)c(F)c2)NC2CCCCC2)C1. The lowest BCUT2D eigenvalue weighted by Crippen LogP contribution is -2.45. The molecule has 1 atom stereocenters. The van der Waals surface area contributed by atoms with Crippen LogP contribution >= 0.6 is 0 Å². The molecule has 150 valence electrons. The first-order chi connectivity index (χ1) is 12.9. The normalized spacial score (nSPS) is 23.3. The third kappa shape index (κ3) is 6.16. The molecule has 1 saturated heterocycles. The van der Waals surface area contributed by atoms with Crippen LogP contribution in [0, 0.1) is 17.6 Å². The molecule has 0 bridgehead atoms. The zero-order valence-corrected chi connectivity index (χ0v) is 16.2. The van der Waals surface area contributed by atoms with Crippen molar-refractivity contribution in [2.75, 3.05) is 18.1 Å². The molecule has 1 heterocycles. The molecule has 1 aliphatic heterocycles. The molecule has 2 aliphatic rings. The predicted molar refractivity (Wildman–Crippen MR) is 102 cm³/mol. The summed E-state index contributed by atoms with van der Waals surface area (Å²) in [5.74, 6) is -0.610. The first-order valence-electron chi connectivity index (χ1n) is 9.60. The van der Waals surface area contributed by atoms with Gasteiger partial charge >= 0.3 is 0 Å². The number of halogens is 2. The fraction of sp³-hybridized carbons (Fsp3) is 0.632. The second kappa shape index (κ2) is 8.99. The predicted octanol–water partition coefficient (Wildman–Crippen LogP) is 2.77. The molecule has 1 unspecified atom stereocenters. The van der Waals surface area contributed by atoms with E-state index in [9.17, 15) is 17.2 Å². The zero-order chi connectivity index (χ0) is 19.3. The molecule has 0 spiro atoms. The van der Waals surface area contributed by atoms with Gasteiger partial charge in [0, 0.05) is 12.6 Å². The van der Waals surface area contributed by atoms with Crippen LogP contribution in [-0.2, 0) is 16.4 Å². The molecule has 1 saturated carbocycles. The third-order valence-corrected chi connectivity index (χ3v) is 7.07. The number of rotatable bonds is 5. The fourth-order valence-electron chi connectivity index (χ4n) is 3.68. The molecule has 1 aromatic carbocycles. The van der Waals surface area contributed by atoms with Crippen LogP contribution in [0.15, 0.2) is 23.2 Å². The number of nitrogens with zero attached hydrogens (tertiary/aromatic N) is 1. The fourth-order valence-corrected chi connectivity index (χ4v) is 5.54. The van der Waals surface area contributed by atoms with Gasteiger partial charge in [-0.1, -0.05) is 25.3 Å². The van der Waals surface area contributed by atoms with Gasteiger partial charge in [0.15, 0.2) is 27.4 Å². The molecule has 3 rings (SSSR count). The van der Waals surface area contributed by atoms with E-state index in [4.69, 9.17) is 0 Å². The van der Waals surface area contributed by atoms with Crippen LogP contribution in [0.2, 0.25) is 0 Å². The summed E-state index contributed by atoms with van der Waals surface area (Å²) < 4.78 is 49.7. The van der Waals surface area contributed by atoms with E-state index >= 15 is 0 Å². The lowest BCUT2D eigenvalue weighted by Gasteiger charge is -2.25. The van der Waals surface area contributed by atoms with Crippen molar-refractivity contribution in [2.24, 2.45) is 10.9 Å². The van der Waals surface area contributed by atoms with Crippen LogP contribution in [0.25, 0.3) is 0 Å². The van der Waals surface area contributed by atoms with Crippen LogP contribution in [0.5, 0.6) is 0 Å². The maximum absolute atomic E-state index is 13.4. The lowest BCUT2D eigenvalue weighted by atomic mass is 9.96. The van der Waals surface area contributed by atoms with E-state index in [1.807, 2.05) is 0 Å². The monoisotopic (exact) mass is 399 g/mol. The summed E-state index contributed by atoms with van der Waals surface area (Å²) in [6.45, 7) is 0.762. The summed E-state index contributed by atoms with van der Waals surface area (Å²) in [7, 11) is -2.91. The van der Waals surface area contributed by atoms with E-state index < -0.39 is 21.5 Å². The summed E-state index contributed by atoms with van der Waals surface area (Å²) in [5, 5.41) is 6.67. The minimum Gasteiger partial charge on any atom is -0.356 e. The number of aliphatic imine (C=N–C) groups is 1. The lowest BCUT2D eigenvalue weighted by molar-refractivity contribution is 0.408. The minimum atomic E-state index is -2.91. The summed E-state index contributed by atoms with van der Waals surface area (Å²) >= 11 is 0. The zero-order valence-electron chi connectivity index (χ0n) is 15.4. The van der Waals surface area contributed by atoms with E-state index in [0.717, 1.165) is 25.0 Å². The van der Waals surface area contributed by atoms with E-state index in [-0.39, 0.29) is 24.0 Å². The average Bonchev–Trinajstić information content (AvgIpc) is 3.00. The average molecular weight is 400 g/mol. The highest BCUT2D eigenvalue weighted by Crippen LogP contribution is 2.19. The summed E-state index contributed by atoms with van der Waals surface area (Å²) in [5.41, 5.74) is 0.585. The number of hydrogen-bond acceptors (Lipinski definition) is 3. The van der Waals surface area contributed by atoms with Crippen molar-refractivity contribution in [2.45, 2.75) is 51.1 Å². The first kappa shape index (κ1) is 20.0. The van der Waals surface area contributed by atoms with Gasteiger partial charge in [-0.05, 0) is 42.9 Å². The van der Waals surface area contributed by atoms with Crippen LogP contribution in [0.1, 0.15) is 44.1 Å². The molecule has 1 aromatic rings. The van der Waals surface area contributed by atoms with Crippen LogP contribution in [0.4, 0.5) is 8.78 Å². The largest absolute Gasteiger partial charge is 0.356 e. The van der Waals surface area contributed by atoms with Crippen LogP contribution < -0.4 is 10.6 Å². The van der Waals surface area contributed by atoms with E-state index in [1.165, 1.54) is 25.3 Å². The van der Waals surface area contributed by atoms with Gasteiger partial charge in [-0.3, -0.25) is 0 Å². The quantitative estimate of drug-likeness (QED) is 0.590. The highest BCUT2D eigenvalue weighted by molar-refractivity contribution is 7.91. The molecule has 1 aliphatic carbocycles. The maximum atomic E-state index is 13.4. The second-order valence-corrected chi connectivity index (χ2v) is 9.77. The van der Waals surface area contributed by atoms with Crippen molar-refractivity contribution < 1.29 is 17.2 Å². The Morgan fingerprint density at radius 1 is 1.11 bits per heavy atom. The van der Waals surface area contributed by atoms with Gasteiger partial charge in [0.25, 0.3) is 0 Å². The van der Waals surface area contributed by atoms with Gasteiger partial charge in [0.2, 0.25) is 0 Å². The van der Waals surface area contributed by atoms with Crippen molar-refractivity contribution >= 4 is 15.8 Å². The molecule has 27 heavy (non-hydrogen) atoms. The Bertz CT molecular complexity index is 777. The summed E-state index contributed by atoms with van der Waals surface area (Å²) in [6, 6.07) is 4.11. The molecule has 2 fully saturated rings. The van der Waals surface area contributed by atoms with Gasteiger partial charge in [0.05, 0.1) is 18.1 Å². The smallest absolute Gasteiger partial charge is 0.191 e. The molecular formula is C19H27F2N3O2S. The highest BCUT2D eigenvalue weighted by atomic mass is 32.2. The van der Waals surface area contributed by atoms with Gasteiger partial charge in [0.1, 0.15) is 0 Å². The van der Waals surface area contributed by atoms with Gasteiger partial charge in [-0.25, -0.2) is 22.2 Å². The van der Waals surface area contributed by atoms with Crippen LogP contribution in [0.3, 0.4) is 0 Å². The topological polar surface area (TPSA) is 70.6 Å². The number of hydrogen-bond donors (Lipinski definition) is 2. The second-order valence-electron chi connectivity index (χ2n) is 7.54. The minimum absolute atomic E-state index is 0.0802. The van der Waals surface area contributed by atoms with Gasteiger partial charge < -0.3 is 10.6 Å². The standard InChI is InChI=1S/C19H27F2N3O2S/c20-17-7-6-14(10-18(17)21)11-22-19(24-16-4-2-1-3-5-16)23-12-15-8-9-27(25,26)13-15/h6-7,10,15-16H,1-5,8-9,11-13H2,(H2,22,23,24). The van der Waals surface area contributed by atoms with Crippen molar-refractivity contribution in [3.8, 4) is 0 Å². The Labute approximate surface area is 159 Å². The Morgan fingerprint density at radius 2 is 1.89 bits per heavy atom. The Hall–Kier alpha value is -1.70. The van der Waals surface area contributed by atoms with E-state index in [2.05, 4.69) is 15.6 Å². The summed E-state index contributed by atoms with van der Waals surface area (Å²) in [4.78, 5) is 4.51. The van der Waals surface area contributed by atoms with E-state index in [1.54, 1.807) is 0 Å². The molecular weight excluding hydrogens is 372 g/mol. The van der Waals surface area contributed by atoms with Crippen molar-refractivity contribution in [1.29, 1.82) is 0 Å². The number of guanidine groups is 1. The van der Waals surface area contributed by atoms with Gasteiger partial charge in [-0.2, -0.15) is 0 Å². The number of sulfone groups is 1. The Kier molecular flexibility index (Phi) is 6.68. The Balaban J connectivity index is 1.63. The van der Waals surface area contributed by atoms with E-state index in [0.29, 0.717) is 30.5 Å². The van der Waals surface area contributed by atoms with Crippen molar-refractivity contribution in [3.05, 3.63) is 35.4 Å². The van der Waals surface area contributed by atoms with Crippen molar-refractivity contribution in [3.63, 3.8) is 0 Å². The molecule has 0 amide bonds. The number of benzene rings is 1. The number of nitrogens with one attached hydrogen (secondary N) is 2. The molecule has 0 radical (unpaired) electrons. The highest BCUT2D eigenvalue weighted by Gasteiger charge is 2.28. The molecule has 2 N–H and O–H groups in total. The third-order valence-electron chi connectivity index (χ3n) is 5.23. The van der Waals surface area contributed by atoms with Gasteiger partial charge in [-0.15, -0.1) is 0 Å². The maximum Gasteiger partial charge on any atom is 0.191 e. The molecule has 0 aromatic heterocycles. The van der Waals surface area contributed by atoms with Crippen LogP contribution in [-0.4, -0.2) is 38.5 Å². The Morgan fingerprint density at radius 3 is 2.56 bits per heavy atom. The molecule has 8 heteroatoms. The molecule has 5 nitrogen and oxygen atoms in total. The van der Waals surface area contributed by atoms with Crippen molar-refractivity contribution in [1.82, 2.24) is 10.6 Å².